The van der Waals surface area contributed by atoms with E-state index in [0.717, 1.165) is 6.07 Å². The number of aliphatic hydroxyl groups excluding tert-OH is 1. The predicted octanol–water partition coefficient (Wildman–Crippen LogP) is 1.15. The van der Waals surface area contributed by atoms with Crippen LogP contribution in [0.5, 0.6) is 0 Å². The summed E-state index contributed by atoms with van der Waals surface area (Å²) >= 11 is 0. The molecule has 0 fully saturated rings. The molecule has 1 atom stereocenters. The molecule has 1 aromatic carbocycles. The normalized spacial score (nSPS) is 12.5. The third-order valence-corrected chi connectivity index (χ3v) is 2.55. The van der Waals surface area contributed by atoms with Crippen molar-refractivity contribution in [2.75, 3.05) is 12.3 Å². The number of hydrogen-bond acceptors (Lipinski definition) is 3. The first kappa shape index (κ1) is 13.4. The molecular weight excluding hydrogens is 223 g/mol. The van der Waals surface area contributed by atoms with Crippen LogP contribution in [0.2, 0.25) is 0 Å². The third-order valence-electron chi connectivity index (χ3n) is 2.55. The van der Waals surface area contributed by atoms with Crippen LogP contribution in [-0.2, 0) is 0 Å². The van der Waals surface area contributed by atoms with E-state index in [9.17, 15) is 9.18 Å². The van der Waals surface area contributed by atoms with E-state index in [0.29, 0.717) is 5.69 Å². The summed E-state index contributed by atoms with van der Waals surface area (Å²) in [7, 11) is 0. The Morgan fingerprint density at radius 1 is 1.53 bits per heavy atom. The summed E-state index contributed by atoms with van der Waals surface area (Å²) in [5.41, 5.74) is 5.71. The van der Waals surface area contributed by atoms with Gasteiger partial charge in [0.25, 0.3) is 5.91 Å². The van der Waals surface area contributed by atoms with E-state index in [1.807, 2.05) is 13.8 Å². The standard InChI is InChI=1S/C12H17FN2O2/c1-7(2)11(6-16)15-12(17)9-5-8(14)3-4-10(9)13/h3-5,7,11,16H,6,14H2,1-2H3,(H,15,17). The maximum absolute atomic E-state index is 13.4. The number of aliphatic hydroxyl groups is 1. The van der Waals surface area contributed by atoms with Gasteiger partial charge in [0.05, 0.1) is 18.2 Å². The van der Waals surface area contributed by atoms with Gasteiger partial charge in [-0.1, -0.05) is 13.8 Å². The molecule has 0 radical (unpaired) electrons. The largest absolute Gasteiger partial charge is 0.399 e. The first-order valence-electron chi connectivity index (χ1n) is 5.42. The molecule has 1 rings (SSSR count). The van der Waals surface area contributed by atoms with E-state index >= 15 is 0 Å². The van der Waals surface area contributed by atoms with Gasteiger partial charge in [-0.05, 0) is 24.1 Å². The monoisotopic (exact) mass is 240 g/mol. The molecule has 17 heavy (non-hydrogen) atoms. The smallest absolute Gasteiger partial charge is 0.254 e. The van der Waals surface area contributed by atoms with Crippen molar-refractivity contribution in [3.05, 3.63) is 29.6 Å². The maximum atomic E-state index is 13.4. The number of hydrogen-bond donors (Lipinski definition) is 3. The summed E-state index contributed by atoms with van der Waals surface area (Å²) in [6.07, 6.45) is 0. The fourth-order valence-corrected chi connectivity index (χ4v) is 1.39. The van der Waals surface area contributed by atoms with E-state index in [2.05, 4.69) is 5.32 Å². The second kappa shape index (κ2) is 5.63. The lowest BCUT2D eigenvalue weighted by Crippen LogP contribution is -2.41. The van der Waals surface area contributed by atoms with Gasteiger partial charge in [0, 0.05) is 5.69 Å². The third kappa shape index (κ3) is 3.42. The van der Waals surface area contributed by atoms with Crippen LogP contribution >= 0.6 is 0 Å². The van der Waals surface area contributed by atoms with Crippen LogP contribution < -0.4 is 11.1 Å². The molecule has 0 aromatic heterocycles. The van der Waals surface area contributed by atoms with Gasteiger partial charge >= 0.3 is 0 Å². The minimum atomic E-state index is -0.628. The SMILES string of the molecule is CC(C)C(CO)NC(=O)c1cc(N)ccc1F. The van der Waals surface area contributed by atoms with Crippen LogP contribution in [0.1, 0.15) is 24.2 Å². The molecule has 4 N–H and O–H groups in total. The number of carbonyl (C=O) groups is 1. The number of rotatable bonds is 4. The van der Waals surface area contributed by atoms with Crippen LogP contribution in [-0.4, -0.2) is 23.7 Å². The molecule has 0 aliphatic heterocycles. The molecular formula is C12H17FN2O2. The quantitative estimate of drug-likeness (QED) is 0.691. The average molecular weight is 240 g/mol. The minimum absolute atomic E-state index is 0.0630. The molecule has 5 heteroatoms. The van der Waals surface area contributed by atoms with Crippen molar-refractivity contribution in [2.24, 2.45) is 5.92 Å². The van der Waals surface area contributed by atoms with Crippen molar-refractivity contribution in [1.29, 1.82) is 0 Å². The van der Waals surface area contributed by atoms with Crippen LogP contribution in [0, 0.1) is 11.7 Å². The summed E-state index contributed by atoms with van der Waals surface area (Å²) in [4.78, 5) is 11.8. The van der Waals surface area contributed by atoms with E-state index in [1.165, 1.54) is 12.1 Å². The molecule has 0 heterocycles. The molecule has 1 unspecified atom stereocenters. The van der Waals surface area contributed by atoms with Gasteiger partial charge in [-0.2, -0.15) is 0 Å². The molecule has 4 nitrogen and oxygen atoms in total. The highest BCUT2D eigenvalue weighted by molar-refractivity contribution is 5.95. The number of nitrogens with two attached hydrogens (primary N) is 1. The van der Waals surface area contributed by atoms with E-state index in [-0.39, 0.29) is 18.1 Å². The number of nitrogen functional groups attached to an aromatic ring is 1. The average Bonchev–Trinajstić information content (AvgIpc) is 2.28. The highest BCUT2D eigenvalue weighted by atomic mass is 19.1. The Morgan fingerprint density at radius 2 is 2.18 bits per heavy atom. The zero-order valence-electron chi connectivity index (χ0n) is 9.90. The van der Waals surface area contributed by atoms with Gasteiger partial charge in [0.15, 0.2) is 0 Å². The van der Waals surface area contributed by atoms with Crippen molar-refractivity contribution in [3.63, 3.8) is 0 Å². The van der Waals surface area contributed by atoms with E-state index in [1.54, 1.807) is 0 Å². The second-order valence-corrected chi connectivity index (χ2v) is 4.25. The number of benzene rings is 1. The fraction of sp³-hybridized carbons (Fsp3) is 0.417. The van der Waals surface area contributed by atoms with Crippen LogP contribution in [0.25, 0.3) is 0 Å². The van der Waals surface area contributed by atoms with Crippen molar-refractivity contribution in [2.45, 2.75) is 19.9 Å². The summed E-state index contributed by atoms with van der Waals surface area (Å²) in [6.45, 7) is 3.53. The molecule has 0 bridgehead atoms. The Labute approximate surface area is 99.6 Å². The van der Waals surface area contributed by atoms with E-state index < -0.39 is 17.8 Å². The number of carbonyl (C=O) groups excluding carboxylic acids is 1. The highest BCUT2D eigenvalue weighted by Gasteiger charge is 2.18. The number of anilines is 1. The maximum Gasteiger partial charge on any atom is 0.254 e. The van der Waals surface area contributed by atoms with Gasteiger partial charge in [0.1, 0.15) is 5.82 Å². The Kier molecular flexibility index (Phi) is 4.45. The molecule has 0 saturated heterocycles. The molecule has 0 saturated carbocycles. The predicted molar refractivity (Wildman–Crippen MR) is 64.0 cm³/mol. The zero-order valence-corrected chi connectivity index (χ0v) is 9.90. The van der Waals surface area contributed by atoms with Crippen molar-refractivity contribution in [3.8, 4) is 0 Å². The van der Waals surface area contributed by atoms with Gasteiger partial charge < -0.3 is 16.2 Å². The van der Waals surface area contributed by atoms with Gasteiger partial charge in [0.2, 0.25) is 0 Å². The Hall–Kier alpha value is -1.62. The summed E-state index contributed by atoms with van der Waals surface area (Å²) in [5.74, 6) is -1.13. The Balaban J connectivity index is 2.86. The summed E-state index contributed by atoms with van der Waals surface area (Å²) in [6, 6.07) is 3.41. The van der Waals surface area contributed by atoms with Crippen LogP contribution in [0.15, 0.2) is 18.2 Å². The van der Waals surface area contributed by atoms with Crippen molar-refractivity contribution >= 4 is 11.6 Å². The van der Waals surface area contributed by atoms with Gasteiger partial charge in [-0.25, -0.2) is 4.39 Å². The Morgan fingerprint density at radius 3 is 2.71 bits per heavy atom. The second-order valence-electron chi connectivity index (χ2n) is 4.25. The topological polar surface area (TPSA) is 75.3 Å². The lowest BCUT2D eigenvalue weighted by Gasteiger charge is -2.20. The van der Waals surface area contributed by atoms with Gasteiger partial charge in [-0.3, -0.25) is 4.79 Å². The van der Waals surface area contributed by atoms with Crippen LogP contribution in [0.3, 0.4) is 0 Å². The van der Waals surface area contributed by atoms with E-state index in [4.69, 9.17) is 10.8 Å². The number of nitrogens with one attached hydrogen (secondary N) is 1. The molecule has 94 valence electrons. The molecule has 0 aliphatic carbocycles. The lowest BCUT2D eigenvalue weighted by molar-refractivity contribution is 0.0893. The number of amides is 1. The first-order valence-corrected chi connectivity index (χ1v) is 5.42. The Bertz CT molecular complexity index is 407. The van der Waals surface area contributed by atoms with Crippen molar-refractivity contribution < 1.29 is 14.3 Å². The lowest BCUT2D eigenvalue weighted by atomic mass is 10.0. The summed E-state index contributed by atoms with van der Waals surface area (Å²) in [5, 5.41) is 11.6. The fourth-order valence-electron chi connectivity index (χ4n) is 1.39. The minimum Gasteiger partial charge on any atom is -0.399 e. The van der Waals surface area contributed by atoms with Crippen LogP contribution in [0.4, 0.5) is 10.1 Å². The van der Waals surface area contributed by atoms with Gasteiger partial charge in [-0.15, -0.1) is 0 Å². The zero-order chi connectivity index (χ0) is 13.0. The molecule has 0 aliphatic rings. The summed E-state index contributed by atoms with van der Waals surface area (Å²) < 4.78 is 13.4. The highest BCUT2D eigenvalue weighted by Crippen LogP contribution is 2.12. The first-order chi connectivity index (χ1) is 7.95. The molecule has 1 aromatic rings. The molecule has 1 amide bonds. The molecule has 0 spiro atoms. The van der Waals surface area contributed by atoms with Crippen molar-refractivity contribution in [1.82, 2.24) is 5.32 Å². The number of halogens is 1.